The fourth-order valence-corrected chi connectivity index (χ4v) is 3.79. The first-order valence-electron chi connectivity index (χ1n) is 9.69. The van der Waals surface area contributed by atoms with E-state index in [9.17, 15) is 0 Å². The minimum atomic E-state index is 0.463. The number of benzene rings is 1. The second-order valence-corrected chi connectivity index (χ2v) is 8.05. The molecule has 142 valence electrons. The van der Waals surface area contributed by atoms with Gasteiger partial charge < -0.3 is 9.57 Å². The van der Waals surface area contributed by atoms with Gasteiger partial charge >= 0.3 is 0 Å². The predicted octanol–water partition coefficient (Wildman–Crippen LogP) is 4.75. The smallest absolute Gasteiger partial charge is 0.118 e. The quantitative estimate of drug-likeness (QED) is 0.491. The second-order valence-electron chi connectivity index (χ2n) is 7.13. The predicted molar refractivity (Wildman–Crippen MR) is 110 cm³/mol. The molecule has 0 aromatic heterocycles. The van der Waals surface area contributed by atoms with Gasteiger partial charge in [0.15, 0.2) is 0 Å². The molecule has 1 saturated carbocycles. The summed E-state index contributed by atoms with van der Waals surface area (Å²) >= 11 is 3.49. The summed E-state index contributed by atoms with van der Waals surface area (Å²) in [6, 6.07) is 8.43. The number of allylic oxidation sites excluding steroid dienone is 1. The van der Waals surface area contributed by atoms with E-state index in [-0.39, 0.29) is 0 Å². The summed E-state index contributed by atoms with van der Waals surface area (Å²) in [6.45, 7) is 7.77. The van der Waals surface area contributed by atoms with Gasteiger partial charge in [-0.05, 0) is 55.0 Å². The molecule has 1 aliphatic carbocycles. The molecule has 26 heavy (non-hydrogen) atoms. The Balaban J connectivity index is 1.55. The Bertz CT molecular complexity index is 621. The van der Waals surface area contributed by atoms with E-state index in [1.165, 1.54) is 24.0 Å². The van der Waals surface area contributed by atoms with Crippen molar-refractivity contribution in [3.05, 3.63) is 39.9 Å². The molecule has 0 spiro atoms. The van der Waals surface area contributed by atoms with E-state index in [4.69, 9.17) is 9.57 Å². The van der Waals surface area contributed by atoms with Gasteiger partial charge in [0.2, 0.25) is 0 Å². The maximum Gasteiger partial charge on any atom is 0.118 e. The molecule has 1 heterocycles. The normalized spacial score (nSPS) is 24.9. The topological polar surface area (TPSA) is 34.1 Å². The Kier molecular flexibility index (Phi) is 7.71. The van der Waals surface area contributed by atoms with Gasteiger partial charge in [0.1, 0.15) is 6.61 Å². The Morgan fingerprint density at radius 3 is 2.81 bits per heavy atom. The first kappa shape index (κ1) is 19.6. The molecule has 1 atom stereocenters. The molecule has 1 aliphatic heterocycles. The van der Waals surface area contributed by atoms with Crippen LogP contribution in [0, 0.1) is 5.92 Å². The molecule has 2 fully saturated rings. The highest BCUT2D eigenvalue weighted by atomic mass is 79.9. The van der Waals surface area contributed by atoms with Crippen molar-refractivity contribution in [2.24, 2.45) is 11.1 Å². The minimum Gasteiger partial charge on any atom is -0.396 e. The molecular weight excluding hydrogens is 392 g/mol. The van der Waals surface area contributed by atoms with Crippen molar-refractivity contribution in [3.8, 4) is 0 Å². The van der Waals surface area contributed by atoms with Crippen molar-refractivity contribution in [1.82, 2.24) is 4.90 Å². The highest BCUT2D eigenvalue weighted by Gasteiger charge is 2.21. The molecule has 0 unspecified atom stereocenters. The van der Waals surface area contributed by atoms with E-state index in [1.54, 1.807) is 0 Å². The van der Waals surface area contributed by atoms with Gasteiger partial charge in [0.25, 0.3) is 0 Å². The highest BCUT2D eigenvalue weighted by Crippen LogP contribution is 2.28. The molecule has 0 radical (unpaired) electrons. The molecule has 5 heteroatoms. The van der Waals surface area contributed by atoms with Crippen molar-refractivity contribution < 1.29 is 9.57 Å². The molecule has 3 rings (SSSR count). The van der Waals surface area contributed by atoms with Crippen LogP contribution in [0.1, 0.15) is 38.2 Å². The first-order chi connectivity index (χ1) is 12.7. The van der Waals surface area contributed by atoms with Crippen molar-refractivity contribution >= 4 is 27.7 Å². The van der Waals surface area contributed by atoms with Crippen LogP contribution in [0.4, 0.5) is 0 Å². The van der Waals surface area contributed by atoms with Crippen LogP contribution < -0.4 is 0 Å². The zero-order valence-electron chi connectivity index (χ0n) is 15.6. The Morgan fingerprint density at radius 2 is 2.04 bits per heavy atom. The largest absolute Gasteiger partial charge is 0.396 e. The monoisotopic (exact) mass is 420 g/mol. The Morgan fingerprint density at radius 1 is 1.27 bits per heavy atom. The molecule has 0 amide bonds. The highest BCUT2D eigenvalue weighted by molar-refractivity contribution is 9.10. The molecule has 0 N–H and O–H groups in total. The summed E-state index contributed by atoms with van der Waals surface area (Å²) in [6.07, 6.45) is 6.76. The zero-order valence-corrected chi connectivity index (χ0v) is 17.2. The van der Waals surface area contributed by atoms with Gasteiger partial charge in [-0.15, -0.1) is 0 Å². The number of oxime groups is 1. The molecule has 1 aromatic carbocycles. The van der Waals surface area contributed by atoms with Crippen LogP contribution >= 0.6 is 15.9 Å². The third-order valence-electron chi connectivity index (χ3n) is 5.07. The van der Waals surface area contributed by atoms with Crippen LogP contribution in [0.15, 0.2) is 39.5 Å². The number of rotatable bonds is 6. The van der Waals surface area contributed by atoms with Crippen molar-refractivity contribution in [1.29, 1.82) is 0 Å². The fraction of sp³-hybridized carbons (Fsp3) is 0.571. The molecule has 4 nitrogen and oxygen atoms in total. The minimum absolute atomic E-state index is 0.463. The van der Waals surface area contributed by atoms with Gasteiger partial charge in [-0.1, -0.05) is 40.1 Å². The number of morpholine rings is 1. The molecule has 1 saturated heterocycles. The van der Waals surface area contributed by atoms with E-state index in [0.29, 0.717) is 12.5 Å². The molecule has 1 aromatic rings. The average molecular weight is 421 g/mol. The fourth-order valence-electron chi connectivity index (χ4n) is 3.53. The standard InChI is InChI=1S/C21H29BrN2O2/c1-17-4-2-5-19(16-18-6-8-20(22)9-7-18)21(17)23-26-13-3-10-24-11-14-25-15-12-24/h6-9,16-17H,2-5,10-15H2,1H3/t17-/m0/s1. The lowest BCUT2D eigenvalue weighted by Gasteiger charge is -2.26. The zero-order chi connectivity index (χ0) is 18.2. The average Bonchev–Trinajstić information content (AvgIpc) is 2.66. The van der Waals surface area contributed by atoms with Crippen LogP contribution in [0.3, 0.4) is 0 Å². The van der Waals surface area contributed by atoms with Gasteiger partial charge in [-0.25, -0.2) is 0 Å². The Hall–Kier alpha value is -1.17. The van der Waals surface area contributed by atoms with Crippen LogP contribution in [0.25, 0.3) is 6.08 Å². The second kappa shape index (κ2) is 10.2. The number of hydrogen-bond acceptors (Lipinski definition) is 4. The third kappa shape index (κ3) is 5.93. The van der Waals surface area contributed by atoms with Crippen LogP contribution in [0.2, 0.25) is 0 Å². The summed E-state index contributed by atoms with van der Waals surface area (Å²) < 4.78 is 6.49. The lowest BCUT2D eigenvalue weighted by molar-refractivity contribution is 0.0322. The summed E-state index contributed by atoms with van der Waals surface area (Å²) in [5.74, 6) is 0.463. The molecule has 0 bridgehead atoms. The number of ether oxygens (including phenoxy) is 1. The van der Waals surface area contributed by atoms with Gasteiger partial charge in [0, 0.05) is 30.0 Å². The van der Waals surface area contributed by atoms with Gasteiger partial charge in [-0.3, -0.25) is 4.90 Å². The summed E-state index contributed by atoms with van der Waals surface area (Å²) in [5.41, 5.74) is 3.67. The van der Waals surface area contributed by atoms with Crippen LogP contribution in [-0.2, 0) is 9.57 Å². The lowest BCUT2D eigenvalue weighted by atomic mass is 9.84. The number of nitrogens with zero attached hydrogens (tertiary/aromatic N) is 2. The van der Waals surface area contributed by atoms with E-state index < -0.39 is 0 Å². The SMILES string of the molecule is C[C@H]1CCCC(=Cc2ccc(Br)cc2)C1=NOCCCN1CCOCC1. The van der Waals surface area contributed by atoms with Crippen LogP contribution in [0.5, 0.6) is 0 Å². The van der Waals surface area contributed by atoms with E-state index in [1.807, 2.05) is 0 Å². The number of hydrogen-bond donors (Lipinski definition) is 0. The van der Waals surface area contributed by atoms with Crippen molar-refractivity contribution in [2.75, 3.05) is 39.5 Å². The first-order valence-corrected chi connectivity index (χ1v) is 10.5. The van der Waals surface area contributed by atoms with Gasteiger partial charge in [0.05, 0.1) is 18.9 Å². The molecular formula is C21H29BrN2O2. The van der Waals surface area contributed by atoms with Crippen LogP contribution in [-0.4, -0.2) is 50.1 Å². The lowest BCUT2D eigenvalue weighted by Crippen LogP contribution is -2.37. The summed E-state index contributed by atoms with van der Waals surface area (Å²) in [5, 5.41) is 4.54. The molecule has 2 aliphatic rings. The summed E-state index contributed by atoms with van der Waals surface area (Å²) in [7, 11) is 0. The maximum absolute atomic E-state index is 5.70. The number of halogens is 1. The maximum atomic E-state index is 5.70. The van der Waals surface area contributed by atoms with Gasteiger partial charge in [-0.2, -0.15) is 0 Å². The summed E-state index contributed by atoms with van der Waals surface area (Å²) in [4.78, 5) is 8.14. The third-order valence-corrected chi connectivity index (χ3v) is 5.60. The van der Waals surface area contributed by atoms with Crippen molar-refractivity contribution in [3.63, 3.8) is 0 Å². The van der Waals surface area contributed by atoms with E-state index >= 15 is 0 Å². The van der Waals surface area contributed by atoms with E-state index in [2.05, 4.69) is 63.3 Å². The van der Waals surface area contributed by atoms with Crippen molar-refractivity contribution in [2.45, 2.75) is 32.6 Å². The Labute approximate surface area is 165 Å². The van der Waals surface area contributed by atoms with E-state index in [0.717, 1.165) is 55.9 Å².